The largest absolute Gasteiger partial charge is 0.395 e. The van der Waals surface area contributed by atoms with Crippen molar-refractivity contribution in [1.29, 1.82) is 5.26 Å². The molecular formula is C17H27N3O. The SMILES string of the molecule is CCCN(CCO)c1ccc(CNC(C)(C)C)cc1C#N. The lowest BCUT2D eigenvalue weighted by Crippen LogP contribution is -2.35. The lowest BCUT2D eigenvalue weighted by Gasteiger charge is -2.25. The highest BCUT2D eigenvalue weighted by Crippen LogP contribution is 2.22. The number of benzene rings is 1. The third kappa shape index (κ3) is 5.74. The average Bonchev–Trinajstić information content (AvgIpc) is 2.44. The van der Waals surface area contributed by atoms with E-state index in [0.29, 0.717) is 12.1 Å². The molecule has 1 rings (SSSR count). The minimum absolute atomic E-state index is 0.0522. The van der Waals surface area contributed by atoms with Gasteiger partial charge in [-0.2, -0.15) is 5.26 Å². The van der Waals surface area contributed by atoms with Gasteiger partial charge in [0, 0.05) is 25.2 Å². The van der Waals surface area contributed by atoms with E-state index in [4.69, 9.17) is 0 Å². The van der Waals surface area contributed by atoms with Crippen molar-refractivity contribution < 1.29 is 5.11 Å². The Morgan fingerprint density at radius 1 is 1.29 bits per heavy atom. The average molecular weight is 289 g/mol. The van der Waals surface area contributed by atoms with Crippen molar-refractivity contribution >= 4 is 5.69 Å². The van der Waals surface area contributed by atoms with Gasteiger partial charge in [-0.25, -0.2) is 0 Å². The van der Waals surface area contributed by atoms with Crippen LogP contribution in [0.3, 0.4) is 0 Å². The molecule has 0 aliphatic rings. The maximum Gasteiger partial charge on any atom is 0.101 e. The number of aliphatic hydroxyl groups is 1. The van der Waals surface area contributed by atoms with Gasteiger partial charge in [0.05, 0.1) is 17.9 Å². The molecule has 1 aromatic carbocycles. The van der Waals surface area contributed by atoms with Crippen molar-refractivity contribution in [3.8, 4) is 6.07 Å². The Morgan fingerprint density at radius 2 is 2.00 bits per heavy atom. The fraction of sp³-hybridized carbons (Fsp3) is 0.588. The molecule has 0 unspecified atom stereocenters. The second-order valence-corrected chi connectivity index (χ2v) is 6.28. The summed E-state index contributed by atoms with van der Waals surface area (Å²) in [5.74, 6) is 0. The van der Waals surface area contributed by atoms with Crippen LogP contribution in [0.15, 0.2) is 18.2 Å². The smallest absolute Gasteiger partial charge is 0.101 e. The van der Waals surface area contributed by atoms with E-state index in [-0.39, 0.29) is 12.1 Å². The van der Waals surface area contributed by atoms with Crippen molar-refractivity contribution in [2.45, 2.75) is 46.2 Å². The summed E-state index contributed by atoms with van der Waals surface area (Å²) in [6.45, 7) is 10.7. The van der Waals surface area contributed by atoms with Gasteiger partial charge in [0.2, 0.25) is 0 Å². The fourth-order valence-corrected chi connectivity index (χ4v) is 2.17. The number of aliphatic hydroxyl groups excluding tert-OH is 1. The van der Waals surface area contributed by atoms with Gasteiger partial charge in [-0.05, 0) is 44.9 Å². The molecule has 0 bridgehead atoms. The van der Waals surface area contributed by atoms with E-state index < -0.39 is 0 Å². The monoisotopic (exact) mass is 289 g/mol. The normalized spacial score (nSPS) is 11.2. The lowest BCUT2D eigenvalue weighted by molar-refractivity contribution is 0.302. The number of hydrogen-bond donors (Lipinski definition) is 2. The van der Waals surface area contributed by atoms with Gasteiger partial charge in [0.15, 0.2) is 0 Å². The fourth-order valence-electron chi connectivity index (χ4n) is 2.17. The Bertz CT molecular complexity index is 480. The summed E-state index contributed by atoms with van der Waals surface area (Å²) < 4.78 is 0. The molecule has 0 heterocycles. The van der Waals surface area contributed by atoms with E-state index >= 15 is 0 Å². The quantitative estimate of drug-likeness (QED) is 0.810. The maximum absolute atomic E-state index is 9.40. The molecule has 0 spiro atoms. The molecule has 0 aliphatic carbocycles. The van der Waals surface area contributed by atoms with Crippen molar-refractivity contribution in [3.05, 3.63) is 29.3 Å². The van der Waals surface area contributed by atoms with Crippen LogP contribution in [0, 0.1) is 11.3 Å². The molecule has 0 amide bonds. The second kappa shape index (κ2) is 8.02. The summed E-state index contributed by atoms with van der Waals surface area (Å²) >= 11 is 0. The van der Waals surface area contributed by atoms with Gasteiger partial charge >= 0.3 is 0 Å². The third-order valence-corrected chi connectivity index (χ3v) is 3.21. The number of nitriles is 1. The molecule has 2 N–H and O–H groups in total. The van der Waals surface area contributed by atoms with Crippen LogP contribution in [-0.4, -0.2) is 30.3 Å². The second-order valence-electron chi connectivity index (χ2n) is 6.28. The molecule has 0 radical (unpaired) electrons. The summed E-state index contributed by atoms with van der Waals surface area (Å²) in [6.07, 6.45) is 0.984. The minimum Gasteiger partial charge on any atom is -0.395 e. The molecule has 4 nitrogen and oxygen atoms in total. The summed E-state index contributed by atoms with van der Waals surface area (Å²) in [5, 5.41) is 22.0. The zero-order valence-corrected chi connectivity index (χ0v) is 13.6. The number of nitrogens with zero attached hydrogens (tertiary/aromatic N) is 2. The molecule has 0 fully saturated rings. The van der Waals surface area contributed by atoms with E-state index in [1.165, 1.54) is 0 Å². The highest BCUT2D eigenvalue weighted by molar-refractivity contribution is 5.60. The predicted octanol–water partition coefficient (Wildman–Crippen LogP) is 2.66. The maximum atomic E-state index is 9.40. The van der Waals surface area contributed by atoms with Crippen LogP contribution >= 0.6 is 0 Å². The first-order chi connectivity index (χ1) is 9.91. The molecule has 0 aliphatic heterocycles. The van der Waals surface area contributed by atoms with E-state index in [0.717, 1.165) is 30.8 Å². The van der Waals surface area contributed by atoms with Gasteiger partial charge in [-0.15, -0.1) is 0 Å². The Kier molecular flexibility index (Phi) is 6.67. The topological polar surface area (TPSA) is 59.3 Å². The van der Waals surface area contributed by atoms with Gasteiger partial charge in [-0.1, -0.05) is 13.0 Å². The highest BCUT2D eigenvalue weighted by Gasteiger charge is 2.13. The minimum atomic E-state index is 0.0522. The molecule has 0 aromatic heterocycles. The number of rotatable bonds is 7. The molecule has 0 saturated carbocycles. The third-order valence-electron chi connectivity index (χ3n) is 3.21. The predicted molar refractivity (Wildman–Crippen MR) is 87.3 cm³/mol. The zero-order valence-electron chi connectivity index (χ0n) is 13.6. The molecule has 0 atom stereocenters. The Labute approximate surface area is 128 Å². The molecule has 0 saturated heterocycles. The standard InChI is InChI=1S/C17H27N3O/c1-5-8-20(9-10-21)16-7-6-14(11-15(16)12-18)13-19-17(2,3)4/h6-7,11,19,21H,5,8-10,13H2,1-4H3. The lowest BCUT2D eigenvalue weighted by atomic mass is 10.1. The van der Waals surface area contributed by atoms with Crippen LogP contribution < -0.4 is 10.2 Å². The van der Waals surface area contributed by atoms with Crippen molar-refractivity contribution in [3.63, 3.8) is 0 Å². The summed E-state index contributed by atoms with van der Waals surface area (Å²) in [7, 11) is 0. The van der Waals surface area contributed by atoms with Gasteiger partial charge < -0.3 is 15.3 Å². The van der Waals surface area contributed by atoms with Crippen molar-refractivity contribution in [1.82, 2.24) is 5.32 Å². The van der Waals surface area contributed by atoms with E-state index in [1.807, 2.05) is 12.1 Å². The van der Waals surface area contributed by atoms with Crippen LogP contribution in [0.25, 0.3) is 0 Å². The van der Waals surface area contributed by atoms with Crippen LogP contribution in [0.2, 0.25) is 0 Å². The van der Waals surface area contributed by atoms with Crippen LogP contribution in [-0.2, 0) is 6.54 Å². The van der Waals surface area contributed by atoms with Gasteiger partial charge in [0.1, 0.15) is 6.07 Å². The number of hydrogen-bond acceptors (Lipinski definition) is 4. The molecule has 4 heteroatoms. The Morgan fingerprint density at radius 3 is 2.52 bits per heavy atom. The van der Waals surface area contributed by atoms with Gasteiger partial charge in [-0.3, -0.25) is 0 Å². The van der Waals surface area contributed by atoms with Crippen LogP contribution in [0.4, 0.5) is 5.69 Å². The first kappa shape index (κ1) is 17.5. The first-order valence-electron chi connectivity index (χ1n) is 7.55. The van der Waals surface area contributed by atoms with Crippen LogP contribution in [0.5, 0.6) is 0 Å². The van der Waals surface area contributed by atoms with Crippen molar-refractivity contribution in [2.75, 3.05) is 24.6 Å². The molecular weight excluding hydrogens is 262 g/mol. The summed E-state index contributed by atoms with van der Waals surface area (Å²) in [5.41, 5.74) is 2.74. The summed E-state index contributed by atoms with van der Waals surface area (Å²) in [6, 6.07) is 8.26. The number of nitrogens with one attached hydrogen (secondary N) is 1. The van der Waals surface area contributed by atoms with Crippen molar-refractivity contribution in [2.24, 2.45) is 0 Å². The molecule has 1 aromatic rings. The van der Waals surface area contributed by atoms with Gasteiger partial charge in [0.25, 0.3) is 0 Å². The van der Waals surface area contributed by atoms with Crippen LogP contribution in [0.1, 0.15) is 45.2 Å². The van der Waals surface area contributed by atoms with E-state index in [1.54, 1.807) is 0 Å². The number of anilines is 1. The Balaban J connectivity index is 2.95. The zero-order chi connectivity index (χ0) is 15.9. The molecule has 21 heavy (non-hydrogen) atoms. The van der Waals surface area contributed by atoms with E-state index in [9.17, 15) is 10.4 Å². The Hall–Kier alpha value is -1.57. The first-order valence-corrected chi connectivity index (χ1v) is 7.55. The van der Waals surface area contributed by atoms with E-state index in [2.05, 4.69) is 50.0 Å². The molecule has 116 valence electrons. The highest BCUT2D eigenvalue weighted by atomic mass is 16.3. The summed E-state index contributed by atoms with van der Waals surface area (Å²) in [4.78, 5) is 2.07.